The van der Waals surface area contributed by atoms with Crippen molar-refractivity contribution >= 4 is 27.3 Å². The zero-order valence-electron chi connectivity index (χ0n) is 9.88. The van der Waals surface area contributed by atoms with Gasteiger partial charge in [-0.25, -0.2) is 4.98 Å². The van der Waals surface area contributed by atoms with Crippen molar-refractivity contribution in [1.29, 1.82) is 0 Å². The van der Waals surface area contributed by atoms with Crippen molar-refractivity contribution in [2.75, 3.05) is 0 Å². The molecule has 2 nitrogen and oxygen atoms in total. The molecule has 0 aliphatic carbocycles. The fourth-order valence-electron chi connectivity index (χ4n) is 1.69. The van der Waals surface area contributed by atoms with E-state index in [1.54, 1.807) is 12.1 Å². The number of aromatic nitrogens is 1. The summed E-state index contributed by atoms with van der Waals surface area (Å²) < 4.78 is 39.3. The second-order valence-corrected chi connectivity index (χ2v) is 5.95. The van der Waals surface area contributed by atoms with E-state index in [0.29, 0.717) is 10.6 Å². The maximum absolute atomic E-state index is 12.8. The van der Waals surface area contributed by atoms with E-state index in [2.05, 4.69) is 20.9 Å². The van der Waals surface area contributed by atoms with Crippen molar-refractivity contribution in [3.05, 3.63) is 38.8 Å². The van der Waals surface area contributed by atoms with Gasteiger partial charge in [-0.3, -0.25) is 0 Å². The highest BCUT2D eigenvalue weighted by Crippen LogP contribution is 2.38. The van der Waals surface area contributed by atoms with Gasteiger partial charge in [0, 0.05) is 16.6 Å². The first-order chi connectivity index (χ1) is 8.82. The summed E-state index contributed by atoms with van der Waals surface area (Å²) in [6.45, 7) is 1.67. The smallest absolute Gasteiger partial charge is 0.326 e. The molecule has 0 amide bonds. The van der Waals surface area contributed by atoms with Crippen LogP contribution in [0.25, 0.3) is 10.6 Å². The monoisotopic (exact) mass is 350 g/mol. The summed E-state index contributed by atoms with van der Waals surface area (Å²) in [4.78, 5) is 3.77. The Labute approximate surface area is 120 Å². The predicted molar refractivity (Wildman–Crippen MR) is 72.9 cm³/mol. The van der Waals surface area contributed by atoms with Crippen molar-refractivity contribution < 1.29 is 13.2 Å². The van der Waals surface area contributed by atoms with Crippen LogP contribution in [0.3, 0.4) is 0 Å². The normalized spacial score (nSPS) is 11.9. The van der Waals surface area contributed by atoms with Gasteiger partial charge in [-0.1, -0.05) is 22.0 Å². The molecule has 0 aliphatic heterocycles. The molecule has 0 saturated heterocycles. The van der Waals surface area contributed by atoms with Gasteiger partial charge in [-0.15, -0.1) is 11.3 Å². The van der Waals surface area contributed by atoms with E-state index in [9.17, 15) is 13.2 Å². The number of alkyl halides is 3. The van der Waals surface area contributed by atoms with Gasteiger partial charge < -0.3 is 5.73 Å². The van der Waals surface area contributed by atoms with Crippen LogP contribution in [0.4, 0.5) is 13.2 Å². The summed E-state index contributed by atoms with van der Waals surface area (Å²) in [6.07, 6.45) is -4.47. The Balaban J connectivity index is 2.55. The minimum Gasteiger partial charge on any atom is -0.326 e. The van der Waals surface area contributed by atoms with Gasteiger partial charge in [-0.05, 0) is 24.6 Å². The lowest BCUT2D eigenvalue weighted by Gasteiger charge is -2.04. The fourth-order valence-corrected chi connectivity index (χ4v) is 3.22. The zero-order valence-corrected chi connectivity index (χ0v) is 12.3. The average molecular weight is 351 g/mol. The molecule has 19 heavy (non-hydrogen) atoms. The number of rotatable bonds is 2. The third-order valence-electron chi connectivity index (χ3n) is 2.57. The topological polar surface area (TPSA) is 38.9 Å². The SMILES string of the molecule is Cc1cc(Br)ccc1-c1nc(C(F)(F)F)c(CN)s1. The minimum absolute atomic E-state index is 0.0600. The van der Waals surface area contributed by atoms with E-state index in [4.69, 9.17) is 5.73 Å². The number of thiazole rings is 1. The first-order valence-electron chi connectivity index (χ1n) is 5.36. The van der Waals surface area contributed by atoms with Crippen LogP contribution in [-0.2, 0) is 12.7 Å². The molecule has 1 heterocycles. The molecule has 2 aromatic rings. The summed E-state index contributed by atoms with van der Waals surface area (Å²) in [5, 5.41) is 0.345. The van der Waals surface area contributed by atoms with E-state index < -0.39 is 11.9 Å². The van der Waals surface area contributed by atoms with Gasteiger partial charge in [0.1, 0.15) is 5.01 Å². The van der Waals surface area contributed by atoms with Crippen LogP contribution in [0.1, 0.15) is 16.1 Å². The molecule has 1 aromatic heterocycles. The van der Waals surface area contributed by atoms with E-state index in [1.807, 2.05) is 13.0 Å². The Bertz CT molecular complexity index is 608. The Morgan fingerprint density at radius 2 is 2.05 bits per heavy atom. The molecule has 0 spiro atoms. The van der Waals surface area contributed by atoms with Crippen LogP contribution in [0.15, 0.2) is 22.7 Å². The number of benzene rings is 1. The number of hydrogen-bond donors (Lipinski definition) is 1. The standard InChI is InChI=1S/C12H10BrF3N2S/c1-6-4-7(13)2-3-8(6)11-18-10(12(14,15)16)9(5-17)19-11/h2-4H,5,17H2,1H3. The first kappa shape index (κ1) is 14.5. The van der Waals surface area contributed by atoms with Crippen LogP contribution in [0.5, 0.6) is 0 Å². The molecule has 7 heteroatoms. The number of nitrogens with zero attached hydrogens (tertiary/aromatic N) is 1. The first-order valence-corrected chi connectivity index (χ1v) is 6.97. The van der Waals surface area contributed by atoms with Crippen LogP contribution in [-0.4, -0.2) is 4.98 Å². The summed E-state index contributed by atoms with van der Waals surface area (Å²) in [5.41, 5.74) is 6.04. The van der Waals surface area contributed by atoms with E-state index in [-0.39, 0.29) is 11.4 Å². The highest BCUT2D eigenvalue weighted by atomic mass is 79.9. The maximum Gasteiger partial charge on any atom is 0.434 e. The van der Waals surface area contributed by atoms with Crippen molar-refractivity contribution in [2.24, 2.45) is 5.73 Å². The second-order valence-electron chi connectivity index (χ2n) is 3.95. The van der Waals surface area contributed by atoms with Crippen molar-refractivity contribution in [3.63, 3.8) is 0 Å². The van der Waals surface area contributed by atoms with Crippen LogP contribution < -0.4 is 5.73 Å². The van der Waals surface area contributed by atoms with Crippen LogP contribution >= 0.6 is 27.3 Å². The summed E-state index contributed by atoms with van der Waals surface area (Å²) in [6, 6.07) is 5.37. The average Bonchev–Trinajstić information content (AvgIpc) is 2.72. The highest BCUT2D eigenvalue weighted by molar-refractivity contribution is 9.10. The Kier molecular flexibility index (Phi) is 3.98. The molecule has 0 atom stereocenters. The van der Waals surface area contributed by atoms with Gasteiger partial charge in [0.15, 0.2) is 5.69 Å². The molecule has 0 bridgehead atoms. The largest absolute Gasteiger partial charge is 0.434 e. The highest BCUT2D eigenvalue weighted by Gasteiger charge is 2.37. The third-order valence-corrected chi connectivity index (χ3v) is 4.17. The van der Waals surface area contributed by atoms with Gasteiger partial charge in [0.25, 0.3) is 0 Å². The number of nitrogens with two attached hydrogens (primary N) is 1. The van der Waals surface area contributed by atoms with E-state index >= 15 is 0 Å². The molecule has 0 saturated carbocycles. The van der Waals surface area contributed by atoms with Crippen molar-refractivity contribution in [2.45, 2.75) is 19.6 Å². The maximum atomic E-state index is 12.8. The molecule has 0 unspecified atom stereocenters. The lowest BCUT2D eigenvalue weighted by Crippen LogP contribution is -2.10. The Hall–Kier alpha value is -0.920. The van der Waals surface area contributed by atoms with Crippen molar-refractivity contribution in [3.8, 4) is 10.6 Å². The molecule has 2 N–H and O–H groups in total. The zero-order chi connectivity index (χ0) is 14.2. The summed E-state index contributed by atoms with van der Waals surface area (Å²) in [7, 11) is 0. The Morgan fingerprint density at radius 1 is 1.37 bits per heavy atom. The van der Waals surface area contributed by atoms with Gasteiger partial charge in [0.2, 0.25) is 0 Å². The summed E-state index contributed by atoms with van der Waals surface area (Å²) >= 11 is 4.30. The molecular formula is C12H10BrF3N2S. The second kappa shape index (κ2) is 5.22. The Morgan fingerprint density at radius 3 is 2.53 bits per heavy atom. The summed E-state index contributed by atoms with van der Waals surface area (Å²) in [5.74, 6) is 0. The third kappa shape index (κ3) is 2.98. The van der Waals surface area contributed by atoms with Crippen LogP contribution in [0, 0.1) is 6.92 Å². The number of hydrogen-bond acceptors (Lipinski definition) is 3. The fraction of sp³-hybridized carbons (Fsp3) is 0.250. The molecule has 1 aromatic carbocycles. The number of aryl methyl sites for hydroxylation is 1. The van der Waals surface area contributed by atoms with Crippen LogP contribution in [0.2, 0.25) is 0 Å². The molecule has 0 radical (unpaired) electrons. The lowest BCUT2D eigenvalue weighted by atomic mass is 10.1. The molecule has 0 aliphatic rings. The molecule has 0 fully saturated rings. The minimum atomic E-state index is -4.47. The van der Waals surface area contributed by atoms with E-state index in [0.717, 1.165) is 21.4 Å². The molecular weight excluding hydrogens is 341 g/mol. The van der Waals surface area contributed by atoms with E-state index in [1.165, 1.54) is 0 Å². The quantitative estimate of drug-likeness (QED) is 0.873. The lowest BCUT2D eigenvalue weighted by molar-refractivity contribution is -0.141. The molecule has 102 valence electrons. The van der Waals surface area contributed by atoms with Gasteiger partial charge in [0.05, 0.1) is 4.88 Å². The van der Waals surface area contributed by atoms with Gasteiger partial charge in [-0.2, -0.15) is 13.2 Å². The van der Waals surface area contributed by atoms with Crippen molar-refractivity contribution in [1.82, 2.24) is 4.98 Å². The predicted octanol–water partition coefficient (Wildman–Crippen LogP) is 4.36. The molecule has 2 rings (SSSR count). The number of halogens is 4. The van der Waals surface area contributed by atoms with Gasteiger partial charge >= 0.3 is 6.18 Å².